The van der Waals surface area contributed by atoms with Gasteiger partial charge in [-0.2, -0.15) is 4.98 Å². The smallest absolute Gasteiger partial charge is 0.336 e. The van der Waals surface area contributed by atoms with Gasteiger partial charge < -0.3 is 4.74 Å². The van der Waals surface area contributed by atoms with Gasteiger partial charge in [0.15, 0.2) is 0 Å². The topological polar surface area (TPSA) is 79.9 Å². The van der Waals surface area contributed by atoms with E-state index in [0.717, 1.165) is 6.42 Å². The summed E-state index contributed by atoms with van der Waals surface area (Å²) >= 11 is 1.72. The summed E-state index contributed by atoms with van der Waals surface area (Å²) in [5, 5.41) is 11.2. The van der Waals surface area contributed by atoms with Gasteiger partial charge in [-0.1, -0.05) is 0 Å². The summed E-state index contributed by atoms with van der Waals surface area (Å²) in [6.07, 6.45) is 0.901. The molecule has 1 aliphatic carbocycles. The Morgan fingerprint density at radius 2 is 2.47 bits per heavy atom. The monoisotopic (exact) mass is 278 g/mol. The number of carbonyl (C=O) groups is 1. The first kappa shape index (κ1) is 12.2. The molecule has 0 spiro atoms. The lowest BCUT2D eigenvalue weighted by molar-refractivity contribution is -0.117. The van der Waals surface area contributed by atoms with Crippen LogP contribution in [0.3, 0.4) is 0 Å². The van der Waals surface area contributed by atoms with Gasteiger partial charge in [-0.05, 0) is 30.4 Å². The highest BCUT2D eigenvalue weighted by Gasteiger charge is 2.45. The van der Waals surface area contributed by atoms with Crippen molar-refractivity contribution in [3.05, 3.63) is 21.9 Å². The van der Waals surface area contributed by atoms with Gasteiger partial charge in [-0.15, -0.1) is 16.4 Å². The zero-order valence-electron chi connectivity index (χ0n) is 10.6. The molecule has 1 amide bonds. The van der Waals surface area contributed by atoms with Gasteiger partial charge in [0.25, 0.3) is 0 Å². The van der Waals surface area contributed by atoms with Crippen LogP contribution in [0.25, 0.3) is 0 Å². The van der Waals surface area contributed by atoms with E-state index in [0.29, 0.717) is 11.9 Å². The summed E-state index contributed by atoms with van der Waals surface area (Å²) in [6.45, 7) is 2.08. The van der Waals surface area contributed by atoms with E-state index in [1.54, 1.807) is 11.3 Å². The summed E-state index contributed by atoms with van der Waals surface area (Å²) in [6, 6.07) is 2.31. The van der Waals surface area contributed by atoms with Gasteiger partial charge in [0, 0.05) is 16.7 Å². The Balaban J connectivity index is 1.62. The minimum atomic E-state index is -0.0170. The maximum atomic E-state index is 12.1. The van der Waals surface area contributed by atoms with Gasteiger partial charge in [0.05, 0.1) is 7.11 Å². The molecule has 1 saturated carbocycles. The Morgan fingerprint density at radius 3 is 3.11 bits per heavy atom. The van der Waals surface area contributed by atoms with Crippen LogP contribution in [0.5, 0.6) is 6.01 Å². The second-order valence-electron chi connectivity index (χ2n) is 4.58. The van der Waals surface area contributed by atoms with Gasteiger partial charge in [0.1, 0.15) is 0 Å². The van der Waals surface area contributed by atoms with Crippen molar-refractivity contribution in [2.24, 2.45) is 5.92 Å². The third-order valence-corrected chi connectivity index (χ3v) is 4.41. The molecule has 7 heteroatoms. The molecule has 2 atom stereocenters. The van der Waals surface area contributed by atoms with Gasteiger partial charge >= 0.3 is 6.01 Å². The number of nitrogens with zero attached hydrogens (tertiary/aromatic N) is 2. The fraction of sp³-hybridized carbons (Fsp3) is 0.417. The molecular weight excluding hydrogens is 264 g/mol. The Hall–Kier alpha value is -1.89. The molecule has 2 aromatic heterocycles. The van der Waals surface area contributed by atoms with Crippen LogP contribution in [0.1, 0.15) is 22.8 Å². The number of H-pyrrole nitrogens is 1. The van der Waals surface area contributed by atoms with Crippen LogP contribution in [0.2, 0.25) is 0 Å². The molecule has 2 aromatic rings. The van der Waals surface area contributed by atoms with Gasteiger partial charge in [-0.25, -0.2) is 5.10 Å². The number of anilines is 1. The van der Waals surface area contributed by atoms with Gasteiger partial charge in [0.2, 0.25) is 11.9 Å². The van der Waals surface area contributed by atoms with Crippen LogP contribution in [0.15, 0.2) is 11.4 Å². The number of nitrogens with one attached hydrogen (secondary N) is 2. The molecule has 2 unspecified atom stereocenters. The van der Waals surface area contributed by atoms with E-state index >= 15 is 0 Å². The lowest BCUT2D eigenvalue weighted by Gasteiger charge is -2.00. The molecule has 2 N–H and O–H groups in total. The second-order valence-corrected chi connectivity index (χ2v) is 5.52. The average molecular weight is 278 g/mol. The van der Waals surface area contributed by atoms with E-state index in [4.69, 9.17) is 4.74 Å². The summed E-state index contributed by atoms with van der Waals surface area (Å²) in [5.74, 6) is 0.699. The third kappa shape index (κ3) is 2.33. The molecule has 6 nitrogen and oxygen atoms in total. The molecule has 0 aliphatic heterocycles. The Bertz CT molecular complexity index is 606. The normalized spacial score (nSPS) is 21.2. The maximum Gasteiger partial charge on any atom is 0.336 e. The van der Waals surface area contributed by atoms with E-state index in [2.05, 4.69) is 38.9 Å². The van der Waals surface area contributed by atoms with Crippen molar-refractivity contribution in [3.63, 3.8) is 0 Å². The fourth-order valence-corrected chi connectivity index (χ4v) is 3.25. The van der Waals surface area contributed by atoms with E-state index < -0.39 is 0 Å². The summed E-state index contributed by atoms with van der Waals surface area (Å²) in [4.78, 5) is 17.3. The van der Waals surface area contributed by atoms with Crippen molar-refractivity contribution < 1.29 is 9.53 Å². The lowest BCUT2D eigenvalue weighted by atomic mass is 10.2. The predicted octanol–water partition coefficient (Wildman–Crippen LogP) is 1.93. The molecule has 100 valence electrons. The maximum absolute atomic E-state index is 12.1. The van der Waals surface area contributed by atoms with Crippen molar-refractivity contribution in [2.75, 3.05) is 12.4 Å². The number of thiophene rings is 1. The van der Waals surface area contributed by atoms with E-state index in [1.807, 2.05) is 0 Å². The Kier molecular flexibility index (Phi) is 2.98. The molecule has 0 radical (unpaired) electrons. The highest BCUT2D eigenvalue weighted by Crippen LogP contribution is 2.50. The number of hydrogen-bond acceptors (Lipinski definition) is 5. The van der Waals surface area contributed by atoms with E-state index in [9.17, 15) is 4.79 Å². The second kappa shape index (κ2) is 4.65. The molecule has 1 fully saturated rings. The van der Waals surface area contributed by atoms with E-state index in [1.165, 1.54) is 17.6 Å². The third-order valence-electron chi connectivity index (χ3n) is 3.25. The molecule has 0 aromatic carbocycles. The van der Waals surface area contributed by atoms with Crippen molar-refractivity contribution in [3.8, 4) is 6.01 Å². The largest absolute Gasteiger partial charge is 0.466 e. The molecule has 1 aliphatic rings. The van der Waals surface area contributed by atoms with Gasteiger partial charge in [-0.3, -0.25) is 10.1 Å². The van der Waals surface area contributed by atoms with Crippen LogP contribution < -0.4 is 10.1 Å². The first-order valence-corrected chi connectivity index (χ1v) is 6.88. The minimum absolute atomic E-state index is 0.0170. The standard InChI is InChI=1S/C12H14N4O2S/c1-6-3-4-19-9(6)7-5-8(7)10(17)13-11-14-12(18-2)16-15-11/h3-4,7-8H,5H2,1-2H3,(H2,13,14,15,16,17). The summed E-state index contributed by atoms with van der Waals surface area (Å²) in [7, 11) is 1.48. The van der Waals surface area contributed by atoms with Crippen molar-refractivity contribution in [1.82, 2.24) is 15.2 Å². The van der Waals surface area contributed by atoms with Crippen LogP contribution in [-0.2, 0) is 4.79 Å². The molecule has 3 rings (SSSR count). The summed E-state index contributed by atoms with van der Waals surface area (Å²) < 4.78 is 4.85. The highest BCUT2D eigenvalue weighted by molar-refractivity contribution is 7.10. The molecule has 0 bridgehead atoms. The van der Waals surface area contributed by atoms with Crippen molar-refractivity contribution >= 4 is 23.2 Å². The number of ether oxygens (including phenoxy) is 1. The number of methoxy groups -OCH3 is 1. The number of hydrogen-bond donors (Lipinski definition) is 2. The minimum Gasteiger partial charge on any atom is -0.466 e. The molecule has 2 heterocycles. The average Bonchev–Trinajstić information content (AvgIpc) is 2.86. The first-order valence-electron chi connectivity index (χ1n) is 6.00. The zero-order valence-corrected chi connectivity index (χ0v) is 11.5. The number of aromatic nitrogens is 3. The quantitative estimate of drug-likeness (QED) is 0.895. The predicted molar refractivity (Wildman–Crippen MR) is 71.5 cm³/mol. The Labute approximate surface area is 114 Å². The number of rotatable bonds is 4. The van der Waals surface area contributed by atoms with Crippen LogP contribution in [0, 0.1) is 12.8 Å². The Morgan fingerprint density at radius 1 is 1.63 bits per heavy atom. The number of carbonyl (C=O) groups excluding carboxylic acids is 1. The molecule has 19 heavy (non-hydrogen) atoms. The molecular formula is C12H14N4O2S. The molecule has 0 saturated heterocycles. The first-order chi connectivity index (χ1) is 9.19. The van der Waals surface area contributed by atoms with E-state index in [-0.39, 0.29) is 17.8 Å². The SMILES string of the molecule is COc1n[nH]c(NC(=O)C2CC2c2sccc2C)n1. The fourth-order valence-electron chi connectivity index (χ4n) is 2.14. The van der Waals surface area contributed by atoms with Crippen LogP contribution in [0.4, 0.5) is 5.95 Å². The zero-order chi connectivity index (χ0) is 13.4. The summed E-state index contributed by atoms with van der Waals surface area (Å²) in [5.41, 5.74) is 1.27. The van der Waals surface area contributed by atoms with Crippen LogP contribution in [-0.4, -0.2) is 28.2 Å². The lowest BCUT2D eigenvalue weighted by Crippen LogP contribution is -2.15. The highest BCUT2D eigenvalue weighted by atomic mass is 32.1. The van der Waals surface area contributed by atoms with Crippen LogP contribution >= 0.6 is 11.3 Å². The van der Waals surface area contributed by atoms with Crippen molar-refractivity contribution in [1.29, 1.82) is 0 Å². The number of amides is 1. The number of aryl methyl sites for hydroxylation is 1. The number of aromatic amines is 1. The van der Waals surface area contributed by atoms with Crippen molar-refractivity contribution in [2.45, 2.75) is 19.3 Å².